The van der Waals surface area contributed by atoms with Crippen LogP contribution < -0.4 is 9.47 Å². The van der Waals surface area contributed by atoms with Crippen molar-refractivity contribution in [3.05, 3.63) is 58.1 Å². The van der Waals surface area contributed by atoms with Gasteiger partial charge in [-0.25, -0.2) is 4.79 Å². The third kappa shape index (κ3) is 3.99. The largest absolute Gasteiger partial charge is 0.482 e. The number of carbonyl (C=O) groups is 1. The van der Waals surface area contributed by atoms with Crippen molar-refractivity contribution in [1.29, 1.82) is 0 Å². The molecule has 0 aromatic heterocycles. The maximum Gasteiger partial charge on any atom is 0.349 e. The van der Waals surface area contributed by atoms with Crippen molar-refractivity contribution < 1.29 is 14.3 Å². The lowest BCUT2D eigenvalue weighted by molar-refractivity contribution is -0.136. The first-order valence-corrected chi connectivity index (χ1v) is 7.01. The average Bonchev–Trinajstić information content (AvgIpc) is 2.44. The lowest BCUT2D eigenvalue weighted by Crippen LogP contribution is -2.18. The van der Waals surface area contributed by atoms with Gasteiger partial charge in [0, 0.05) is 5.02 Å². The van der Waals surface area contributed by atoms with Gasteiger partial charge in [0.1, 0.15) is 11.5 Å². The lowest BCUT2D eigenvalue weighted by Gasteiger charge is -2.11. The number of ether oxygens (including phenoxy) is 2. The Kier molecular flexibility index (Phi) is 4.86. The van der Waals surface area contributed by atoms with Gasteiger partial charge in [0.25, 0.3) is 0 Å². The van der Waals surface area contributed by atoms with Gasteiger partial charge >= 0.3 is 5.97 Å². The van der Waals surface area contributed by atoms with Crippen molar-refractivity contribution in [3.8, 4) is 11.5 Å². The van der Waals surface area contributed by atoms with Crippen LogP contribution in [0.25, 0.3) is 0 Å². The molecule has 110 valence electrons. The SMILES string of the molecule is Cc1cc(OCC(=O)Oc2c(C)cccc2C)ccc1Cl. The first kappa shape index (κ1) is 15.4. The van der Waals surface area contributed by atoms with Crippen LogP contribution in [0.3, 0.4) is 0 Å². The van der Waals surface area contributed by atoms with Crippen LogP contribution in [0.1, 0.15) is 16.7 Å². The zero-order chi connectivity index (χ0) is 15.4. The van der Waals surface area contributed by atoms with E-state index in [1.807, 2.05) is 39.0 Å². The van der Waals surface area contributed by atoms with E-state index in [4.69, 9.17) is 21.1 Å². The molecule has 0 fully saturated rings. The van der Waals surface area contributed by atoms with Gasteiger partial charge in [0.05, 0.1) is 0 Å². The molecule has 4 heteroatoms. The van der Waals surface area contributed by atoms with E-state index in [1.54, 1.807) is 18.2 Å². The van der Waals surface area contributed by atoms with Crippen LogP contribution in [-0.4, -0.2) is 12.6 Å². The number of para-hydroxylation sites is 1. The number of benzene rings is 2. The molecule has 0 aliphatic rings. The molecular weight excluding hydrogens is 288 g/mol. The summed E-state index contributed by atoms with van der Waals surface area (Å²) in [4.78, 5) is 11.9. The lowest BCUT2D eigenvalue weighted by atomic mass is 10.1. The Bertz CT molecular complexity index is 645. The maximum absolute atomic E-state index is 11.9. The van der Waals surface area contributed by atoms with Crippen LogP contribution in [0.5, 0.6) is 11.5 Å². The first-order valence-electron chi connectivity index (χ1n) is 6.63. The first-order chi connectivity index (χ1) is 9.97. The molecule has 0 aliphatic carbocycles. The molecule has 0 radical (unpaired) electrons. The summed E-state index contributed by atoms with van der Waals surface area (Å²) in [6.07, 6.45) is 0. The van der Waals surface area contributed by atoms with Gasteiger partial charge < -0.3 is 9.47 Å². The molecule has 0 bridgehead atoms. The Hall–Kier alpha value is -2.00. The number of aryl methyl sites for hydroxylation is 3. The molecule has 21 heavy (non-hydrogen) atoms. The van der Waals surface area contributed by atoms with Gasteiger partial charge in [-0.05, 0) is 55.7 Å². The highest BCUT2D eigenvalue weighted by Crippen LogP contribution is 2.23. The van der Waals surface area contributed by atoms with Gasteiger partial charge in [-0.3, -0.25) is 0 Å². The van der Waals surface area contributed by atoms with Crippen LogP contribution in [0, 0.1) is 20.8 Å². The molecule has 0 amide bonds. The van der Waals surface area contributed by atoms with Crippen molar-refractivity contribution >= 4 is 17.6 Å². The van der Waals surface area contributed by atoms with Crippen LogP contribution in [0.15, 0.2) is 36.4 Å². The Morgan fingerprint density at radius 1 is 1.05 bits per heavy atom. The molecule has 0 saturated heterocycles. The molecule has 0 atom stereocenters. The third-order valence-electron chi connectivity index (χ3n) is 3.11. The maximum atomic E-state index is 11.9. The zero-order valence-electron chi connectivity index (χ0n) is 12.3. The van der Waals surface area contributed by atoms with Gasteiger partial charge in [-0.1, -0.05) is 29.8 Å². The molecule has 3 nitrogen and oxygen atoms in total. The quantitative estimate of drug-likeness (QED) is 0.626. The fourth-order valence-corrected chi connectivity index (χ4v) is 2.07. The molecule has 0 heterocycles. The molecular formula is C17H17ClO3. The topological polar surface area (TPSA) is 35.5 Å². The van der Waals surface area contributed by atoms with E-state index in [0.717, 1.165) is 16.7 Å². The van der Waals surface area contributed by atoms with Crippen molar-refractivity contribution in [3.63, 3.8) is 0 Å². The molecule has 0 spiro atoms. The molecule has 0 unspecified atom stereocenters. The van der Waals surface area contributed by atoms with Crippen molar-refractivity contribution in [2.45, 2.75) is 20.8 Å². The Morgan fingerprint density at radius 2 is 1.71 bits per heavy atom. The molecule has 2 rings (SSSR count). The second-order valence-electron chi connectivity index (χ2n) is 4.89. The number of hydrogen-bond donors (Lipinski definition) is 0. The van der Waals surface area contributed by atoms with E-state index in [0.29, 0.717) is 16.5 Å². The third-order valence-corrected chi connectivity index (χ3v) is 3.53. The van der Waals surface area contributed by atoms with E-state index in [-0.39, 0.29) is 6.61 Å². The number of esters is 1. The van der Waals surface area contributed by atoms with Crippen LogP contribution >= 0.6 is 11.6 Å². The van der Waals surface area contributed by atoms with Gasteiger partial charge in [-0.15, -0.1) is 0 Å². The predicted octanol–water partition coefficient (Wildman–Crippen LogP) is 4.25. The summed E-state index contributed by atoms with van der Waals surface area (Å²) >= 11 is 5.94. The molecule has 0 aliphatic heterocycles. The molecule has 0 N–H and O–H groups in total. The number of carbonyl (C=O) groups excluding carboxylic acids is 1. The van der Waals surface area contributed by atoms with Crippen LogP contribution in [0.4, 0.5) is 0 Å². The minimum atomic E-state index is -0.431. The predicted molar refractivity (Wildman–Crippen MR) is 83.2 cm³/mol. The Labute approximate surface area is 129 Å². The standard InChI is InChI=1S/C17H17ClO3/c1-11-5-4-6-12(2)17(11)21-16(19)10-20-14-7-8-15(18)13(3)9-14/h4-9H,10H2,1-3H3. The zero-order valence-corrected chi connectivity index (χ0v) is 13.0. The normalized spacial score (nSPS) is 10.3. The van der Waals surface area contributed by atoms with Gasteiger partial charge in [0.15, 0.2) is 6.61 Å². The van der Waals surface area contributed by atoms with Crippen molar-refractivity contribution in [2.24, 2.45) is 0 Å². The summed E-state index contributed by atoms with van der Waals surface area (Å²) in [5.41, 5.74) is 2.74. The summed E-state index contributed by atoms with van der Waals surface area (Å²) in [6.45, 7) is 5.54. The fraction of sp³-hybridized carbons (Fsp3) is 0.235. The number of halogens is 1. The summed E-state index contributed by atoms with van der Waals surface area (Å²) in [7, 11) is 0. The van der Waals surface area contributed by atoms with E-state index < -0.39 is 5.97 Å². The Balaban J connectivity index is 1.97. The summed E-state index contributed by atoms with van der Waals surface area (Å²) < 4.78 is 10.8. The van der Waals surface area contributed by atoms with E-state index in [1.165, 1.54) is 0 Å². The number of hydrogen-bond acceptors (Lipinski definition) is 3. The number of rotatable bonds is 4. The van der Waals surface area contributed by atoms with Gasteiger partial charge in [-0.2, -0.15) is 0 Å². The summed E-state index contributed by atoms with van der Waals surface area (Å²) in [6, 6.07) is 11.0. The highest BCUT2D eigenvalue weighted by atomic mass is 35.5. The molecule has 2 aromatic rings. The fourth-order valence-electron chi connectivity index (χ4n) is 1.95. The van der Waals surface area contributed by atoms with Crippen LogP contribution in [0.2, 0.25) is 5.02 Å². The minimum Gasteiger partial charge on any atom is -0.482 e. The van der Waals surface area contributed by atoms with Crippen molar-refractivity contribution in [1.82, 2.24) is 0 Å². The van der Waals surface area contributed by atoms with Crippen LogP contribution in [-0.2, 0) is 4.79 Å². The average molecular weight is 305 g/mol. The monoisotopic (exact) mass is 304 g/mol. The van der Waals surface area contributed by atoms with E-state index in [2.05, 4.69) is 0 Å². The summed E-state index contributed by atoms with van der Waals surface area (Å²) in [5.74, 6) is 0.758. The molecule has 0 saturated carbocycles. The van der Waals surface area contributed by atoms with Gasteiger partial charge in [0.2, 0.25) is 0 Å². The van der Waals surface area contributed by atoms with E-state index in [9.17, 15) is 4.79 Å². The smallest absolute Gasteiger partial charge is 0.349 e. The Morgan fingerprint density at radius 3 is 2.33 bits per heavy atom. The minimum absolute atomic E-state index is 0.144. The second-order valence-corrected chi connectivity index (χ2v) is 5.30. The van der Waals surface area contributed by atoms with E-state index >= 15 is 0 Å². The second kappa shape index (κ2) is 6.64. The summed E-state index contributed by atoms with van der Waals surface area (Å²) in [5, 5.41) is 0.667. The molecule has 2 aromatic carbocycles. The van der Waals surface area contributed by atoms with Crippen molar-refractivity contribution in [2.75, 3.05) is 6.61 Å². The highest BCUT2D eigenvalue weighted by Gasteiger charge is 2.10. The highest BCUT2D eigenvalue weighted by molar-refractivity contribution is 6.31.